The average molecular weight is 334 g/mol. The summed E-state index contributed by atoms with van der Waals surface area (Å²) in [6, 6.07) is 11.0. The fourth-order valence-corrected chi connectivity index (χ4v) is 2.86. The number of benzene rings is 2. The third-order valence-electron chi connectivity index (χ3n) is 3.89. The molecule has 1 amide bonds. The van der Waals surface area contributed by atoms with E-state index in [0.29, 0.717) is 10.7 Å². The Balaban J connectivity index is 1.65. The van der Waals surface area contributed by atoms with Crippen molar-refractivity contribution in [2.45, 2.75) is 31.8 Å². The first kappa shape index (κ1) is 15.8. The van der Waals surface area contributed by atoms with Crippen LogP contribution in [-0.2, 0) is 0 Å². The first-order valence-electron chi connectivity index (χ1n) is 7.65. The maximum atomic E-state index is 13.7. The lowest BCUT2D eigenvalue weighted by Crippen LogP contribution is -2.14. The number of nitrogens with one attached hydrogen (secondary N) is 1. The Hall–Kier alpha value is -2.07. The van der Waals surface area contributed by atoms with Gasteiger partial charge in [-0.05, 0) is 68.1 Å². The van der Waals surface area contributed by atoms with Crippen LogP contribution in [0.15, 0.2) is 42.5 Å². The van der Waals surface area contributed by atoms with Gasteiger partial charge in [-0.15, -0.1) is 0 Å². The van der Waals surface area contributed by atoms with E-state index >= 15 is 0 Å². The van der Waals surface area contributed by atoms with Crippen LogP contribution in [0.1, 0.15) is 36.0 Å². The maximum absolute atomic E-state index is 13.7. The molecule has 0 spiro atoms. The van der Waals surface area contributed by atoms with Gasteiger partial charge in [0.05, 0.1) is 11.7 Å². The minimum Gasteiger partial charge on any atom is -0.490 e. The van der Waals surface area contributed by atoms with Crippen LogP contribution in [0.5, 0.6) is 5.75 Å². The maximum Gasteiger partial charge on any atom is 0.258 e. The number of carbonyl (C=O) groups excluding carboxylic acids is 1. The number of amides is 1. The predicted molar refractivity (Wildman–Crippen MR) is 88.7 cm³/mol. The Labute approximate surface area is 139 Å². The second-order valence-electron chi connectivity index (χ2n) is 5.63. The van der Waals surface area contributed by atoms with E-state index in [1.54, 1.807) is 12.1 Å². The van der Waals surface area contributed by atoms with Gasteiger partial charge in [0.25, 0.3) is 5.91 Å². The SMILES string of the molecule is O=C(Nc1ccc(OC2CCCC2)cc1)c1cc(Cl)ccc1F. The minimum atomic E-state index is -0.604. The first-order chi connectivity index (χ1) is 11.1. The Morgan fingerprint density at radius 2 is 1.83 bits per heavy atom. The zero-order valence-corrected chi connectivity index (χ0v) is 13.3. The number of anilines is 1. The summed E-state index contributed by atoms with van der Waals surface area (Å²) in [4.78, 5) is 12.1. The highest BCUT2D eigenvalue weighted by atomic mass is 35.5. The Morgan fingerprint density at radius 3 is 2.52 bits per heavy atom. The fourth-order valence-electron chi connectivity index (χ4n) is 2.69. The lowest BCUT2D eigenvalue weighted by atomic mass is 10.2. The summed E-state index contributed by atoms with van der Waals surface area (Å²) in [7, 11) is 0. The van der Waals surface area contributed by atoms with Crippen molar-refractivity contribution in [2.75, 3.05) is 5.32 Å². The number of rotatable bonds is 4. The van der Waals surface area contributed by atoms with Gasteiger partial charge in [0.15, 0.2) is 0 Å². The average Bonchev–Trinajstić information content (AvgIpc) is 3.04. The molecular weight excluding hydrogens is 317 g/mol. The van der Waals surface area contributed by atoms with Crippen molar-refractivity contribution >= 4 is 23.2 Å². The number of ether oxygens (including phenoxy) is 1. The molecule has 0 heterocycles. The van der Waals surface area contributed by atoms with Gasteiger partial charge >= 0.3 is 0 Å². The summed E-state index contributed by atoms with van der Waals surface area (Å²) in [5, 5.41) is 2.97. The van der Waals surface area contributed by atoms with Crippen LogP contribution in [0.25, 0.3) is 0 Å². The standard InChI is InChI=1S/C18H17ClFNO2/c19-12-5-10-17(20)16(11-12)18(22)21-13-6-8-15(9-7-13)23-14-3-1-2-4-14/h5-11,14H,1-4H2,(H,21,22). The zero-order chi connectivity index (χ0) is 16.2. The molecule has 0 radical (unpaired) electrons. The molecule has 120 valence electrons. The summed E-state index contributed by atoms with van der Waals surface area (Å²) in [6.07, 6.45) is 4.89. The largest absolute Gasteiger partial charge is 0.490 e. The van der Waals surface area contributed by atoms with Crippen LogP contribution >= 0.6 is 11.6 Å². The van der Waals surface area contributed by atoms with Gasteiger partial charge in [-0.1, -0.05) is 11.6 Å². The van der Waals surface area contributed by atoms with E-state index in [9.17, 15) is 9.18 Å². The van der Waals surface area contributed by atoms with E-state index in [1.165, 1.54) is 31.0 Å². The molecule has 5 heteroatoms. The van der Waals surface area contributed by atoms with Crippen LogP contribution in [0.4, 0.5) is 10.1 Å². The summed E-state index contributed by atoms with van der Waals surface area (Å²) in [5.74, 6) is -0.355. The van der Waals surface area contributed by atoms with Gasteiger partial charge in [-0.2, -0.15) is 0 Å². The molecule has 1 aliphatic carbocycles. The highest BCUT2D eigenvalue weighted by molar-refractivity contribution is 6.31. The van der Waals surface area contributed by atoms with E-state index in [-0.39, 0.29) is 11.7 Å². The van der Waals surface area contributed by atoms with Crippen molar-refractivity contribution in [1.82, 2.24) is 0 Å². The normalized spacial score (nSPS) is 14.7. The molecule has 0 atom stereocenters. The molecule has 0 bridgehead atoms. The molecule has 1 aliphatic rings. The van der Waals surface area contributed by atoms with Gasteiger partial charge < -0.3 is 10.1 Å². The third kappa shape index (κ3) is 4.02. The summed E-state index contributed by atoms with van der Waals surface area (Å²) < 4.78 is 19.5. The van der Waals surface area contributed by atoms with Crippen molar-refractivity contribution in [2.24, 2.45) is 0 Å². The first-order valence-corrected chi connectivity index (χ1v) is 8.03. The highest BCUT2D eigenvalue weighted by Crippen LogP contribution is 2.25. The van der Waals surface area contributed by atoms with Crippen LogP contribution in [0.3, 0.4) is 0 Å². The molecular formula is C18H17ClFNO2. The second-order valence-corrected chi connectivity index (χ2v) is 6.06. The molecule has 2 aromatic carbocycles. The molecule has 1 saturated carbocycles. The molecule has 0 aliphatic heterocycles. The lowest BCUT2D eigenvalue weighted by Gasteiger charge is -2.13. The Morgan fingerprint density at radius 1 is 1.13 bits per heavy atom. The van der Waals surface area contributed by atoms with Crippen LogP contribution in [0.2, 0.25) is 5.02 Å². The topological polar surface area (TPSA) is 38.3 Å². The zero-order valence-electron chi connectivity index (χ0n) is 12.5. The van der Waals surface area contributed by atoms with Gasteiger partial charge in [-0.25, -0.2) is 4.39 Å². The highest BCUT2D eigenvalue weighted by Gasteiger charge is 2.16. The summed E-state index contributed by atoms with van der Waals surface area (Å²) in [5.41, 5.74) is 0.497. The molecule has 23 heavy (non-hydrogen) atoms. The van der Waals surface area contributed by atoms with Gasteiger partial charge in [0.2, 0.25) is 0 Å². The van der Waals surface area contributed by atoms with Crippen molar-refractivity contribution in [3.05, 3.63) is 58.9 Å². The van der Waals surface area contributed by atoms with Gasteiger partial charge in [0, 0.05) is 10.7 Å². The van der Waals surface area contributed by atoms with E-state index in [4.69, 9.17) is 16.3 Å². The van der Waals surface area contributed by atoms with E-state index in [0.717, 1.165) is 18.6 Å². The molecule has 1 N–H and O–H groups in total. The number of carbonyl (C=O) groups is 1. The van der Waals surface area contributed by atoms with Crippen LogP contribution in [-0.4, -0.2) is 12.0 Å². The molecule has 1 fully saturated rings. The molecule has 0 aromatic heterocycles. The molecule has 3 nitrogen and oxygen atoms in total. The molecule has 0 saturated heterocycles. The van der Waals surface area contributed by atoms with Crippen LogP contribution in [0, 0.1) is 5.82 Å². The second kappa shape index (κ2) is 7.01. The molecule has 3 rings (SSSR count). The lowest BCUT2D eigenvalue weighted by molar-refractivity contribution is 0.102. The van der Waals surface area contributed by atoms with Gasteiger partial charge in [0.1, 0.15) is 11.6 Å². The third-order valence-corrected chi connectivity index (χ3v) is 4.13. The van der Waals surface area contributed by atoms with Crippen LogP contribution < -0.4 is 10.1 Å². The minimum absolute atomic E-state index is 0.0798. The fraction of sp³-hybridized carbons (Fsp3) is 0.278. The van der Waals surface area contributed by atoms with Crippen molar-refractivity contribution < 1.29 is 13.9 Å². The number of halogens is 2. The van der Waals surface area contributed by atoms with Gasteiger partial charge in [-0.3, -0.25) is 4.79 Å². The smallest absolute Gasteiger partial charge is 0.258 e. The van der Waals surface area contributed by atoms with Crippen molar-refractivity contribution in [3.8, 4) is 5.75 Å². The predicted octanol–water partition coefficient (Wildman–Crippen LogP) is 5.05. The Bertz CT molecular complexity index is 697. The quantitative estimate of drug-likeness (QED) is 0.850. The summed E-state index contributed by atoms with van der Waals surface area (Å²) >= 11 is 5.80. The summed E-state index contributed by atoms with van der Waals surface area (Å²) in [6.45, 7) is 0. The van der Waals surface area contributed by atoms with Crippen molar-refractivity contribution in [3.63, 3.8) is 0 Å². The van der Waals surface area contributed by atoms with E-state index in [2.05, 4.69) is 5.32 Å². The van der Waals surface area contributed by atoms with E-state index in [1.807, 2.05) is 12.1 Å². The van der Waals surface area contributed by atoms with Crippen molar-refractivity contribution in [1.29, 1.82) is 0 Å². The molecule has 2 aromatic rings. The monoisotopic (exact) mass is 333 g/mol. The molecule has 0 unspecified atom stereocenters. The number of hydrogen-bond acceptors (Lipinski definition) is 2. The Kier molecular flexibility index (Phi) is 4.82. The number of hydrogen-bond donors (Lipinski definition) is 1. The van der Waals surface area contributed by atoms with E-state index < -0.39 is 11.7 Å².